The van der Waals surface area contributed by atoms with Crippen molar-refractivity contribution in [3.8, 4) is 0 Å². The molecule has 0 bridgehead atoms. The lowest BCUT2D eigenvalue weighted by atomic mass is 10.0. The van der Waals surface area contributed by atoms with E-state index in [-0.39, 0.29) is 29.8 Å². The summed E-state index contributed by atoms with van der Waals surface area (Å²) in [5.74, 6) is -1.36. The molecule has 1 N–H and O–H groups in total. The van der Waals surface area contributed by atoms with Gasteiger partial charge >= 0.3 is 0 Å². The minimum absolute atomic E-state index is 0.00119. The predicted molar refractivity (Wildman–Crippen MR) is 93.2 cm³/mol. The Balaban J connectivity index is 2.42. The van der Waals surface area contributed by atoms with Gasteiger partial charge in [-0.3, -0.25) is 4.79 Å². The fourth-order valence-electron chi connectivity index (χ4n) is 1.72. The van der Waals surface area contributed by atoms with Gasteiger partial charge in [-0.1, -0.05) is 16.9 Å². The van der Waals surface area contributed by atoms with Crippen LogP contribution in [-0.4, -0.2) is 34.9 Å². The van der Waals surface area contributed by atoms with Crippen LogP contribution in [-0.2, 0) is 14.4 Å². The number of carbonyl (C=O) groups is 3. The first-order valence-electron chi connectivity index (χ1n) is 7.31. The lowest BCUT2D eigenvalue weighted by molar-refractivity contribution is -0.299. The molecule has 0 radical (unpaired) electrons. The van der Waals surface area contributed by atoms with Gasteiger partial charge in [-0.2, -0.15) is 0 Å². The molecule has 130 valence electrons. The van der Waals surface area contributed by atoms with Crippen molar-refractivity contribution in [1.82, 2.24) is 10.3 Å². The zero-order chi connectivity index (χ0) is 17.9. The molecule has 0 atom stereocenters. The first-order valence-corrected chi connectivity index (χ1v) is 9.63. The van der Waals surface area contributed by atoms with Crippen LogP contribution in [0.3, 0.4) is 0 Å². The Morgan fingerprint density at radius 3 is 2.54 bits per heavy atom. The molecule has 0 aliphatic carbocycles. The molecule has 1 rings (SSSR count). The highest BCUT2D eigenvalue weighted by Crippen LogP contribution is 2.28. The summed E-state index contributed by atoms with van der Waals surface area (Å²) in [4.78, 5) is 38.3. The highest BCUT2D eigenvalue weighted by molar-refractivity contribution is 8.76. The van der Waals surface area contributed by atoms with E-state index in [1.54, 1.807) is 6.20 Å². The van der Waals surface area contributed by atoms with Crippen molar-refractivity contribution in [2.24, 2.45) is 0 Å². The molecule has 0 unspecified atom stereocenters. The fraction of sp³-hybridized carbons (Fsp3) is 0.375. The van der Waals surface area contributed by atoms with Crippen molar-refractivity contribution in [1.29, 1.82) is 0 Å². The highest BCUT2D eigenvalue weighted by atomic mass is 33.1. The van der Waals surface area contributed by atoms with Gasteiger partial charge in [0.1, 0.15) is 10.8 Å². The molecule has 1 heterocycles. The summed E-state index contributed by atoms with van der Waals surface area (Å²) >= 11 is 0. The van der Waals surface area contributed by atoms with Crippen molar-refractivity contribution in [3.63, 3.8) is 0 Å². The standard InChI is InChI=1S/C16H20N2O4S2/c1-11(19)6-7-13(16(21)22)12(2)15(20)18-9-10-23-24-14-5-3-4-8-17-14/h3-5,8H,6-7,9-10H2,1-2H3,(H,18,20)(H,21,22)/p-1/b13-12-. The van der Waals surface area contributed by atoms with Crippen molar-refractivity contribution in [2.45, 2.75) is 31.7 Å². The van der Waals surface area contributed by atoms with Crippen LogP contribution in [0.25, 0.3) is 0 Å². The summed E-state index contributed by atoms with van der Waals surface area (Å²) in [7, 11) is 3.04. The van der Waals surface area contributed by atoms with Crippen LogP contribution < -0.4 is 10.4 Å². The topological polar surface area (TPSA) is 99.2 Å². The largest absolute Gasteiger partial charge is 0.545 e. The fourth-order valence-corrected chi connectivity index (χ4v) is 3.50. The molecular formula is C16H19N2O4S2-. The number of rotatable bonds is 10. The molecule has 6 nitrogen and oxygen atoms in total. The van der Waals surface area contributed by atoms with Crippen molar-refractivity contribution in [2.75, 3.05) is 12.3 Å². The number of ketones is 1. The smallest absolute Gasteiger partial charge is 0.247 e. The number of carboxylic acid groups (broad SMARTS) is 1. The Morgan fingerprint density at radius 2 is 1.96 bits per heavy atom. The Morgan fingerprint density at radius 1 is 1.21 bits per heavy atom. The van der Waals surface area contributed by atoms with Gasteiger partial charge < -0.3 is 20.0 Å². The van der Waals surface area contributed by atoms with Gasteiger partial charge in [-0.15, -0.1) is 0 Å². The number of amides is 1. The van der Waals surface area contributed by atoms with E-state index in [4.69, 9.17) is 0 Å². The number of carbonyl (C=O) groups excluding carboxylic acids is 3. The van der Waals surface area contributed by atoms with Crippen LogP contribution >= 0.6 is 21.6 Å². The molecule has 24 heavy (non-hydrogen) atoms. The number of aromatic nitrogens is 1. The van der Waals surface area contributed by atoms with Crippen LogP contribution in [0.5, 0.6) is 0 Å². The summed E-state index contributed by atoms with van der Waals surface area (Å²) in [6, 6.07) is 5.63. The molecular weight excluding hydrogens is 348 g/mol. The second kappa shape index (κ2) is 10.9. The summed E-state index contributed by atoms with van der Waals surface area (Å²) in [5, 5.41) is 14.7. The maximum atomic E-state index is 12.0. The average molecular weight is 367 g/mol. The average Bonchev–Trinajstić information content (AvgIpc) is 2.54. The van der Waals surface area contributed by atoms with Gasteiger partial charge in [0.2, 0.25) is 5.91 Å². The minimum Gasteiger partial charge on any atom is -0.545 e. The van der Waals surface area contributed by atoms with Crippen LogP contribution in [0.1, 0.15) is 26.7 Å². The second-order valence-electron chi connectivity index (χ2n) is 4.92. The Kier molecular flexibility index (Phi) is 9.18. The lowest BCUT2D eigenvalue weighted by Gasteiger charge is -2.13. The number of pyridine rings is 1. The zero-order valence-corrected chi connectivity index (χ0v) is 15.2. The molecule has 1 aromatic heterocycles. The van der Waals surface area contributed by atoms with E-state index in [9.17, 15) is 19.5 Å². The molecule has 1 aromatic rings. The molecule has 0 fully saturated rings. The van der Waals surface area contributed by atoms with Gasteiger partial charge in [0.05, 0.1) is 5.97 Å². The number of hydrogen-bond acceptors (Lipinski definition) is 7. The Hall–Kier alpha value is -1.80. The highest BCUT2D eigenvalue weighted by Gasteiger charge is 2.12. The van der Waals surface area contributed by atoms with E-state index in [0.29, 0.717) is 12.3 Å². The maximum absolute atomic E-state index is 12.0. The molecule has 0 aromatic carbocycles. The third-order valence-corrected chi connectivity index (χ3v) is 5.29. The van der Waals surface area contributed by atoms with E-state index in [0.717, 1.165) is 5.03 Å². The minimum atomic E-state index is -1.41. The van der Waals surface area contributed by atoms with Crippen molar-refractivity contribution in [3.05, 3.63) is 35.5 Å². The zero-order valence-electron chi connectivity index (χ0n) is 13.5. The first-order chi connectivity index (χ1) is 11.4. The Bertz CT molecular complexity index is 618. The predicted octanol–water partition coefficient (Wildman–Crippen LogP) is 1.37. The van der Waals surface area contributed by atoms with Gasteiger partial charge in [-0.25, -0.2) is 4.98 Å². The summed E-state index contributed by atoms with van der Waals surface area (Å²) in [5.41, 5.74) is -0.0446. The van der Waals surface area contributed by atoms with E-state index >= 15 is 0 Å². The normalized spacial score (nSPS) is 11.6. The van der Waals surface area contributed by atoms with Gasteiger partial charge in [0.25, 0.3) is 0 Å². The molecule has 0 spiro atoms. The monoisotopic (exact) mass is 367 g/mol. The number of carboxylic acids is 1. The van der Waals surface area contributed by atoms with Crippen LogP contribution in [0, 0.1) is 0 Å². The lowest BCUT2D eigenvalue weighted by Crippen LogP contribution is -2.31. The molecule has 0 saturated carbocycles. The number of nitrogens with zero attached hydrogens (tertiary/aromatic N) is 1. The third-order valence-electron chi connectivity index (χ3n) is 3.02. The number of nitrogens with one attached hydrogen (secondary N) is 1. The molecule has 1 amide bonds. The van der Waals surface area contributed by atoms with E-state index in [1.165, 1.54) is 35.4 Å². The summed E-state index contributed by atoms with van der Waals surface area (Å²) in [6.45, 7) is 3.20. The van der Waals surface area contributed by atoms with Crippen LogP contribution in [0.2, 0.25) is 0 Å². The molecule has 0 aliphatic heterocycles. The Labute approximate surface area is 148 Å². The number of aliphatic carboxylic acids is 1. The maximum Gasteiger partial charge on any atom is 0.247 e. The SMILES string of the molecule is CC(=O)CC/C(C(=O)[O-])=C(\C)C(=O)NCCSSc1ccccn1. The summed E-state index contributed by atoms with van der Waals surface area (Å²) < 4.78 is 0. The van der Waals surface area contributed by atoms with E-state index < -0.39 is 11.9 Å². The first kappa shape index (κ1) is 20.2. The number of Topliss-reactive ketones (excluding diaryl/α,β-unsaturated/α-hetero) is 1. The quantitative estimate of drug-likeness (QED) is 0.379. The van der Waals surface area contributed by atoms with Crippen LogP contribution in [0.4, 0.5) is 0 Å². The van der Waals surface area contributed by atoms with Crippen molar-refractivity contribution < 1.29 is 19.5 Å². The van der Waals surface area contributed by atoms with Gasteiger partial charge in [0.15, 0.2) is 0 Å². The summed E-state index contributed by atoms with van der Waals surface area (Å²) in [6.07, 6.45) is 1.78. The second-order valence-corrected chi connectivity index (χ2v) is 7.36. The number of hydrogen-bond donors (Lipinski definition) is 1. The van der Waals surface area contributed by atoms with Gasteiger partial charge in [-0.05, 0) is 48.8 Å². The van der Waals surface area contributed by atoms with Gasteiger partial charge in [0, 0.05) is 30.5 Å². The molecule has 8 heteroatoms. The third kappa shape index (κ3) is 7.65. The van der Waals surface area contributed by atoms with E-state index in [1.807, 2.05) is 18.2 Å². The van der Waals surface area contributed by atoms with Crippen LogP contribution in [0.15, 0.2) is 40.6 Å². The molecule has 0 saturated heterocycles. The molecule has 0 aliphatic rings. The van der Waals surface area contributed by atoms with Crippen molar-refractivity contribution >= 4 is 39.2 Å². The van der Waals surface area contributed by atoms with E-state index in [2.05, 4.69) is 10.3 Å².